The number of aliphatic hydroxyl groups is 1. The first kappa shape index (κ1) is 22.9. The summed E-state index contributed by atoms with van der Waals surface area (Å²) in [7, 11) is 0. The van der Waals surface area contributed by atoms with Gasteiger partial charge in [0.1, 0.15) is 5.60 Å². The molecule has 0 atom stereocenters. The number of nitrogens with zero attached hydrogens (tertiary/aromatic N) is 2. The largest absolute Gasteiger partial charge is 0.460 e. The molecule has 32 heavy (non-hydrogen) atoms. The second kappa shape index (κ2) is 8.90. The van der Waals surface area contributed by atoms with E-state index in [1.165, 1.54) is 0 Å². The minimum atomic E-state index is -0.950. The molecule has 2 aromatic rings. The van der Waals surface area contributed by atoms with Crippen LogP contribution in [0.4, 0.5) is 5.69 Å². The van der Waals surface area contributed by atoms with Gasteiger partial charge in [-0.15, -0.1) is 0 Å². The van der Waals surface area contributed by atoms with Gasteiger partial charge in [-0.05, 0) is 64.5 Å². The lowest BCUT2D eigenvalue weighted by Gasteiger charge is -2.41. The third-order valence-corrected chi connectivity index (χ3v) is 6.58. The number of likely N-dealkylation sites (tertiary alicyclic amines) is 1. The number of hydrogen-bond acceptors (Lipinski definition) is 7. The zero-order chi connectivity index (χ0) is 22.9. The Labute approximate surface area is 188 Å². The summed E-state index contributed by atoms with van der Waals surface area (Å²) in [6.07, 6.45) is 3.49. The van der Waals surface area contributed by atoms with E-state index in [0.717, 1.165) is 56.8 Å². The van der Waals surface area contributed by atoms with Gasteiger partial charge in [0.05, 0.1) is 17.5 Å². The molecule has 2 aliphatic heterocycles. The topological polar surface area (TPSA) is 99.0 Å². The molecule has 8 nitrogen and oxygen atoms in total. The summed E-state index contributed by atoms with van der Waals surface area (Å²) in [6.45, 7) is 10.1. The van der Waals surface area contributed by atoms with Crippen molar-refractivity contribution >= 4 is 22.8 Å². The van der Waals surface area contributed by atoms with E-state index in [9.17, 15) is 14.7 Å². The zero-order valence-electron chi connectivity index (χ0n) is 19.4. The van der Waals surface area contributed by atoms with Crippen molar-refractivity contribution in [3.05, 3.63) is 28.7 Å². The van der Waals surface area contributed by atoms with Crippen molar-refractivity contribution in [3.63, 3.8) is 0 Å². The fourth-order valence-corrected chi connectivity index (χ4v) is 4.84. The van der Waals surface area contributed by atoms with Crippen LogP contribution in [0.25, 0.3) is 11.1 Å². The van der Waals surface area contributed by atoms with Crippen LogP contribution < -0.4 is 10.7 Å². The molecule has 0 bridgehead atoms. The highest BCUT2D eigenvalue weighted by molar-refractivity contribution is 5.77. The highest BCUT2D eigenvalue weighted by Gasteiger charge is 2.36. The lowest BCUT2D eigenvalue weighted by molar-refractivity contribution is -0.162. The third kappa shape index (κ3) is 5.72. The van der Waals surface area contributed by atoms with Crippen LogP contribution in [0.2, 0.25) is 0 Å². The molecular weight excluding hydrogens is 410 g/mol. The fraction of sp³-hybridized carbons (Fsp3) is 0.667. The second-order valence-electron chi connectivity index (χ2n) is 10.4. The van der Waals surface area contributed by atoms with E-state index in [4.69, 9.17) is 9.15 Å². The number of rotatable bonds is 5. The van der Waals surface area contributed by atoms with Crippen LogP contribution in [-0.2, 0) is 9.53 Å². The van der Waals surface area contributed by atoms with Gasteiger partial charge in [-0.2, -0.15) is 0 Å². The fourth-order valence-electron chi connectivity index (χ4n) is 4.84. The van der Waals surface area contributed by atoms with Gasteiger partial charge in [0.25, 0.3) is 0 Å². The molecule has 0 aliphatic carbocycles. The summed E-state index contributed by atoms with van der Waals surface area (Å²) in [5, 5.41) is 10.8. The number of anilines is 1. The van der Waals surface area contributed by atoms with Crippen LogP contribution in [0.15, 0.2) is 27.4 Å². The number of nitrogens with one attached hydrogen (secondary N) is 1. The van der Waals surface area contributed by atoms with Crippen molar-refractivity contribution in [1.29, 1.82) is 0 Å². The average molecular weight is 446 g/mol. The van der Waals surface area contributed by atoms with Gasteiger partial charge in [-0.3, -0.25) is 9.78 Å². The molecule has 2 saturated heterocycles. The van der Waals surface area contributed by atoms with Crippen LogP contribution in [0.5, 0.6) is 0 Å². The maximum absolute atomic E-state index is 12.1. The number of H-pyrrole nitrogens is 1. The Morgan fingerprint density at radius 3 is 2.56 bits per heavy atom. The van der Waals surface area contributed by atoms with Crippen LogP contribution in [-0.4, -0.2) is 64.9 Å². The van der Waals surface area contributed by atoms with E-state index < -0.39 is 17.0 Å². The summed E-state index contributed by atoms with van der Waals surface area (Å²) in [5.74, 6) is -0.120. The number of fused-ring (bicyclic) bond motifs is 1. The Morgan fingerprint density at radius 1 is 1.22 bits per heavy atom. The predicted octanol–water partition coefficient (Wildman–Crippen LogP) is 2.90. The number of oxazole rings is 1. The van der Waals surface area contributed by atoms with Crippen LogP contribution in [0.1, 0.15) is 52.9 Å². The number of aromatic nitrogens is 1. The molecule has 8 heteroatoms. The Kier molecular flexibility index (Phi) is 6.36. The monoisotopic (exact) mass is 445 g/mol. The molecule has 176 valence electrons. The lowest BCUT2D eigenvalue weighted by atomic mass is 9.87. The smallest absolute Gasteiger partial charge is 0.417 e. The van der Waals surface area contributed by atoms with Gasteiger partial charge in [-0.1, -0.05) is 0 Å². The van der Waals surface area contributed by atoms with Crippen molar-refractivity contribution in [1.82, 2.24) is 9.88 Å². The third-order valence-electron chi connectivity index (χ3n) is 6.58. The summed E-state index contributed by atoms with van der Waals surface area (Å²) in [6, 6.07) is 5.86. The highest BCUT2D eigenvalue weighted by atomic mass is 16.6. The maximum atomic E-state index is 12.1. The lowest BCUT2D eigenvalue weighted by Crippen LogP contribution is -2.48. The molecule has 2 fully saturated rings. The van der Waals surface area contributed by atoms with Gasteiger partial charge >= 0.3 is 11.7 Å². The molecule has 4 rings (SSSR count). The molecule has 1 aromatic carbocycles. The van der Waals surface area contributed by atoms with E-state index in [1.807, 2.05) is 39.0 Å². The van der Waals surface area contributed by atoms with Gasteiger partial charge in [0.2, 0.25) is 0 Å². The minimum Gasteiger partial charge on any atom is -0.460 e. The Bertz CT molecular complexity index is 989. The van der Waals surface area contributed by atoms with Crippen molar-refractivity contribution in [2.75, 3.05) is 37.6 Å². The summed E-state index contributed by atoms with van der Waals surface area (Å²) < 4.78 is 10.6. The molecule has 2 aliphatic rings. The van der Waals surface area contributed by atoms with Crippen LogP contribution >= 0.6 is 0 Å². The number of piperidine rings is 2. The van der Waals surface area contributed by atoms with E-state index in [0.29, 0.717) is 24.3 Å². The highest BCUT2D eigenvalue weighted by Crippen LogP contribution is 2.30. The number of carbonyl (C=O) groups excluding carboxylic acids is 1. The zero-order valence-corrected chi connectivity index (χ0v) is 19.4. The standard InChI is InChI=1S/C24H35N3O5/c1-23(2,3)32-21(28)15-24(30)8-12-26(13-9-24)16-17-6-10-27(11-7-17)18-4-5-19-20(14-18)31-22(29)25-19/h4-5,14,17,30H,6-13,15-16H2,1-3H3,(H,25,29). The van der Waals surface area contributed by atoms with Gasteiger partial charge in [-0.25, -0.2) is 4.79 Å². The number of aromatic amines is 1. The quantitative estimate of drug-likeness (QED) is 0.683. The summed E-state index contributed by atoms with van der Waals surface area (Å²) >= 11 is 0. The molecule has 0 saturated carbocycles. The molecule has 0 amide bonds. The van der Waals surface area contributed by atoms with E-state index in [2.05, 4.69) is 14.8 Å². The summed E-state index contributed by atoms with van der Waals surface area (Å²) in [5.41, 5.74) is 0.939. The number of benzene rings is 1. The molecule has 0 spiro atoms. The number of esters is 1. The first-order valence-corrected chi connectivity index (χ1v) is 11.6. The Balaban J connectivity index is 1.23. The molecular formula is C24H35N3O5. The Morgan fingerprint density at radius 2 is 1.91 bits per heavy atom. The van der Waals surface area contributed by atoms with Crippen molar-refractivity contribution in [2.24, 2.45) is 5.92 Å². The van der Waals surface area contributed by atoms with E-state index in [-0.39, 0.29) is 12.4 Å². The van der Waals surface area contributed by atoms with Crippen molar-refractivity contribution in [2.45, 2.75) is 64.1 Å². The maximum Gasteiger partial charge on any atom is 0.417 e. The first-order chi connectivity index (χ1) is 15.1. The van der Waals surface area contributed by atoms with E-state index in [1.54, 1.807) is 0 Å². The minimum absolute atomic E-state index is 0.0715. The van der Waals surface area contributed by atoms with Crippen LogP contribution in [0, 0.1) is 5.92 Å². The SMILES string of the molecule is CC(C)(C)OC(=O)CC1(O)CCN(CC2CCN(c3ccc4[nH]c(=O)oc4c3)CC2)CC1. The molecule has 2 N–H and O–H groups in total. The molecule has 0 radical (unpaired) electrons. The average Bonchev–Trinajstić information content (AvgIpc) is 3.08. The number of ether oxygens (including phenoxy) is 1. The van der Waals surface area contributed by atoms with Gasteiger partial charge in [0, 0.05) is 44.5 Å². The molecule has 1 aromatic heterocycles. The van der Waals surface area contributed by atoms with Crippen LogP contribution in [0.3, 0.4) is 0 Å². The number of carbonyl (C=O) groups is 1. The normalized spacial score (nSPS) is 20.6. The summed E-state index contributed by atoms with van der Waals surface area (Å²) in [4.78, 5) is 30.9. The first-order valence-electron chi connectivity index (χ1n) is 11.6. The van der Waals surface area contributed by atoms with Gasteiger partial charge < -0.3 is 24.1 Å². The molecule has 3 heterocycles. The van der Waals surface area contributed by atoms with Crippen molar-refractivity contribution in [3.8, 4) is 0 Å². The van der Waals surface area contributed by atoms with Gasteiger partial charge in [0.15, 0.2) is 5.58 Å². The predicted molar refractivity (Wildman–Crippen MR) is 123 cm³/mol. The van der Waals surface area contributed by atoms with Crippen molar-refractivity contribution < 1.29 is 19.1 Å². The Hall–Kier alpha value is -2.32. The van der Waals surface area contributed by atoms with E-state index >= 15 is 0 Å². The molecule has 0 unspecified atom stereocenters. The number of hydrogen-bond donors (Lipinski definition) is 2. The second-order valence-corrected chi connectivity index (χ2v) is 10.4.